The Bertz CT molecular complexity index is 379. The number of benzene rings is 1. The van der Waals surface area contributed by atoms with E-state index in [1.54, 1.807) is 0 Å². The summed E-state index contributed by atoms with van der Waals surface area (Å²) in [5.74, 6) is 1.64. The average Bonchev–Trinajstić information content (AvgIpc) is 2.39. The van der Waals surface area contributed by atoms with Crippen LogP contribution in [0.5, 0.6) is 5.75 Å². The molecule has 0 bridgehead atoms. The van der Waals surface area contributed by atoms with Crippen LogP contribution >= 0.6 is 0 Å². The summed E-state index contributed by atoms with van der Waals surface area (Å²) in [7, 11) is 0. The fourth-order valence-electron chi connectivity index (χ4n) is 2.40. The van der Waals surface area contributed by atoms with Gasteiger partial charge in [-0.2, -0.15) is 0 Å². The molecule has 1 heterocycles. The number of nitrogens with zero attached hydrogens (tertiary/aromatic N) is 1. The van der Waals surface area contributed by atoms with Crippen molar-refractivity contribution in [1.82, 2.24) is 5.32 Å². The topological polar surface area (TPSA) is 24.5 Å². The molecule has 0 spiro atoms. The first-order chi connectivity index (χ1) is 8.70. The average molecular weight is 248 g/mol. The van der Waals surface area contributed by atoms with Gasteiger partial charge in [-0.05, 0) is 25.0 Å². The predicted molar refractivity (Wildman–Crippen MR) is 76.5 cm³/mol. The maximum atomic E-state index is 5.57. The van der Waals surface area contributed by atoms with Crippen molar-refractivity contribution in [2.24, 2.45) is 5.92 Å². The molecule has 0 aliphatic carbocycles. The molecule has 1 aromatic carbocycles. The number of piperazine rings is 1. The van der Waals surface area contributed by atoms with Gasteiger partial charge in [0.25, 0.3) is 0 Å². The van der Waals surface area contributed by atoms with Crippen LogP contribution < -0.4 is 15.0 Å². The molecule has 1 aliphatic heterocycles. The number of anilines is 1. The van der Waals surface area contributed by atoms with Crippen LogP contribution in [-0.2, 0) is 0 Å². The van der Waals surface area contributed by atoms with Crippen LogP contribution in [-0.4, -0.2) is 32.3 Å². The predicted octanol–water partition coefficient (Wildman–Crippen LogP) is 2.52. The molecule has 1 aliphatic rings. The van der Waals surface area contributed by atoms with Crippen molar-refractivity contribution in [2.75, 3.05) is 31.1 Å². The third-order valence-electron chi connectivity index (χ3n) is 3.50. The van der Waals surface area contributed by atoms with E-state index in [9.17, 15) is 0 Å². The number of hydrogen-bond acceptors (Lipinski definition) is 3. The number of hydrogen-bond donors (Lipinski definition) is 1. The normalized spacial score (nSPS) is 20.2. The summed E-state index contributed by atoms with van der Waals surface area (Å²) in [6, 6.07) is 8.99. The first kappa shape index (κ1) is 13.2. The molecule has 2 rings (SSSR count). The van der Waals surface area contributed by atoms with Crippen molar-refractivity contribution < 1.29 is 4.74 Å². The lowest BCUT2D eigenvalue weighted by Crippen LogP contribution is -2.52. The fourth-order valence-corrected chi connectivity index (χ4v) is 2.40. The van der Waals surface area contributed by atoms with Crippen LogP contribution in [0, 0.1) is 5.92 Å². The van der Waals surface area contributed by atoms with Crippen LogP contribution in [0.1, 0.15) is 20.8 Å². The Morgan fingerprint density at radius 3 is 3.00 bits per heavy atom. The molecule has 0 amide bonds. The highest BCUT2D eigenvalue weighted by Gasteiger charge is 2.21. The lowest BCUT2D eigenvalue weighted by molar-refractivity contribution is 0.339. The van der Waals surface area contributed by atoms with Gasteiger partial charge in [-0.25, -0.2) is 0 Å². The number of nitrogens with one attached hydrogen (secondary N) is 1. The van der Waals surface area contributed by atoms with Crippen molar-refractivity contribution in [3.63, 3.8) is 0 Å². The van der Waals surface area contributed by atoms with Crippen molar-refractivity contribution in [3.8, 4) is 5.75 Å². The largest absolute Gasteiger partial charge is 0.494 e. The summed E-state index contributed by atoms with van der Waals surface area (Å²) < 4.78 is 5.57. The van der Waals surface area contributed by atoms with Crippen LogP contribution in [0.25, 0.3) is 0 Å². The third kappa shape index (κ3) is 3.16. The molecule has 0 aromatic heterocycles. The first-order valence-corrected chi connectivity index (χ1v) is 6.92. The Hall–Kier alpha value is -1.22. The maximum Gasteiger partial charge on any atom is 0.121 e. The van der Waals surface area contributed by atoms with E-state index in [1.807, 2.05) is 13.0 Å². The molecular formula is C15H24N2O. The molecule has 0 radical (unpaired) electrons. The van der Waals surface area contributed by atoms with E-state index in [0.717, 1.165) is 32.0 Å². The van der Waals surface area contributed by atoms with Crippen molar-refractivity contribution in [2.45, 2.75) is 26.8 Å². The maximum absolute atomic E-state index is 5.57. The molecule has 0 saturated carbocycles. The van der Waals surface area contributed by atoms with E-state index in [2.05, 4.69) is 42.3 Å². The molecule has 3 nitrogen and oxygen atoms in total. The Kier molecular flexibility index (Phi) is 4.48. The summed E-state index contributed by atoms with van der Waals surface area (Å²) in [5.41, 5.74) is 1.27. The van der Waals surface area contributed by atoms with Gasteiger partial charge in [0, 0.05) is 37.4 Å². The van der Waals surface area contributed by atoms with Crippen LogP contribution in [0.15, 0.2) is 24.3 Å². The lowest BCUT2D eigenvalue weighted by atomic mass is 10.0. The minimum Gasteiger partial charge on any atom is -0.494 e. The second-order valence-electron chi connectivity index (χ2n) is 5.18. The van der Waals surface area contributed by atoms with E-state index >= 15 is 0 Å². The molecule has 1 atom stereocenters. The SMILES string of the molecule is CCOc1cccc(N2CCNC(C(C)C)C2)c1. The Balaban J connectivity index is 2.08. The highest BCUT2D eigenvalue weighted by atomic mass is 16.5. The van der Waals surface area contributed by atoms with E-state index in [-0.39, 0.29) is 0 Å². The summed E-state index contributed by atoms with van der Waals surface area (Å²) in [4.78, 5) is 2.45. The second-order valence-corrected chi connectivity index (χ2v) is 5.18. The van der Waals surface area contributed by atoms with Crippen molar-refractivity contribution >= 4 is 5.69 Å². The van der Waals surface area contributed by atoms with Gasteiger partial charge in [-0.1, -0.05) is 19.9 Å². The second kappa shape index (κ2) is 6.10. The Morgan fingerprint density at radius 2 is 2.28 bits per heavy atom. The molecule has 3 heteroatoms. The zero-order valence-corrected chi connectivity index (χ0v) is 11.6. The quantitative estimate of drug-likeness (QED) is 0.886. The molecule has 1 unspecified atom stereocenters. The van der Waals surface area contributed by atoms with Gasteiger partial charge in [0.15, 0.2) is 0 Å². The van der Waals surface area contributed by atoms with Gasteiger partial charge in [-0.15, -0.1) is 0 Å². The zero-order valence-electron chi connectivity index (χ0n) is 11.6. The van der Waals surface area contributed by atoms with E-state index in [4.69, 9.17) is 4.74 Å². The van der Waals surface area contributed by atoms with Crippen molar-refractivity contribution in [1.29, 1.82) is 0 Å². The number of ether oxygens (including phenoxy) is 1. The van der Waals surface area contributed by atoms with Gasteiger partial charge in [-0.3, -0.25) is 0 Å². The van der Waals surface area contributed by atoms with Gasteiger partial charge < -0.3 is 15.0 Å². The van der Waals surface area contributed by atoms with Crippen LogP contribution in [0.3, 0.4) is 0 Å². The molecular weight excluding hydrogens is 224 g/mol. The van der Waals surface area contributed by atoms with E-state index in [1.165, 1.54) is 5.69 Å². The summed E-state index contributed by atoms with van der Waals surface area (Å²) >= 11 is 0. The Morgan fingerprint density at radius 1 is 1.44 bits per heavy atom. The summed E-state index contributed by atoms with van der Waals surface area (Å²) in [6.07, 6.45) is 0. The molecule has 1 aromatic rings. The van der Waals surface area contributed by atoms with Gasteiger partial charge in [0.05, 0.1) is 6.61 Å². The summed E-state index contributed by atoms with van der Waals surface area (Å²) in [6.45, 7) is 10.5. The lowest BCUT2D eigenvalue weighted by Gasteiger charge is -2.37. The molecule has 1 saturated heterocycles. The monoisotopic (exact) mass is 248 g/mol. The third-order valence-corrected chi connectivity index (χ3v) is 3.50. The first-order valence-electron chi connectivity index (χ1n) is 6.92. The van der Waals surface area contributed by atoms with Gasteiger partial charge >= 0.3 is 0 Å². The molecule has 1 fully saturated rings. The number of rotatable bonds is 4. The van der Waals surface area contributed by atoms with Crippen LogP contribution in [0.4, 0.5) is 5.69 Å². The van der Waals surface area contributed by atoms with Gasteiger partial charge in [0.1, 0.15) is 5.75 Å². The fraction of sp³-hybridized carbons (Fsp3) is 0.600. The Labute approximate surface area is 110 Å². The minimum absolute atomic E-state index is 0.578. The van der Waals surface area contributed by atoms with Crippen molar-refractivity contribution in [3.05, 3.63) is 24.3 Å². The highest BCUT2D eigenvalue weighted by molar-refractivity contribution is 5.51. The zero-order chi connectivity index (χ0) is 13.0. The summed E-state index contributed by atoms with van der Waals surface area (Å²) in [5, 5.41) is 3.59. The van der Waals surface area contributed by atoms with E-state index < -0.39 is 0 Å². The minimum atomic E-state index is 0.578. The molecule has 100 valence electrons. The molecule has 18 heavy (non-hydrogen) atoms. The van der Waals surface area contributed by atoms with Gasteiger partial charge in [0.2, 0.25) is 0 Å². The van der Waals surface area contributed by atoms with E-state index in [0.29, 0.717) is 12.0 Å². The standard InChI is InChI=1S/C15H24N2O/c1-4-18-14-7-5-6-13(10-14)17-9-8-16-15(11-17)12(2)3/h5-7,10,12,15-16H,4,8-9,11H2,1-3H3. The van der Waals surface area contributed by atoms with Crippen LogP contribution in [0.2, 0.25) is 0 Å². The highest BCUT2D eigenvalue weighted by Crippen LogP contribution is 2.23. The molecule has 1 N–H and O–H groups in total. The smallest absolute Gasteiger partial charge is 0.121 e.